The molecule has 0 atom stereocenters. The van der Waals surface area contributed by atoms with Gasteiger partial charge in [0.2, 0.25) is 11.6 Å². The van der Waals surface area contributed by atoms with E-state index in [2.05, 4.69) is 114 Å². The number of Topliss-reactive ketones (excluding diaryl/α,β-unsaturated/α-hetero) is 2. The molecule has 3 aromatic rings. The van der Waals surface area contributed by atoms with Gasteiger partial charge in [0.25, 0.3) is 0 Å². The Bertz CT molecular complexity index is 2560. The number of carbonyl (C=O) groups excluding carboxylic acids is 2. The number of hydrogen-bond donors (Lipinski definition) is 2. The van der Waals surface area contributed by atoms with Crippen molar-refractivity contribution in [3.63, 3.8) is 0 Å². The number of nitrogens with zero attached hydrogens (tertiary/aromatic N) is 2. The number of carbonyl (C=O) groups is 2. The third-order valence-corrected chi connectivity index (χ3v) is 15.3. The summed E-state index contributed by atoms with van der Waals surface area (Å²) in [4.78, 5) is 33.5. The van der Waals surface area contributed by atoms with Crippen LogP contribution in [0.4, 0.5) is 11.4 Å². The number of aryl methyl sites for hydroxylation is 2. The predicted molar refractivity (Wildman–Crippen MR) is 239 cm³/mol. The van der Waals surface area contributed by atoms with Crippen LogP contribution in [0.5, 0.6) is 0 Å². The zero-order chi connectivity index (χ0) is 41.3. The molecule has 0 radical (unpaired) electrons. The highest BCUT2D eigenvalue weighted by Gasteiger charge is 2.42. The normalized spacial score (nSPS) is 22.9. The molecular formula is C50H48N2O4S2. The lowest BCUT2D eigenvalue weighted by Crippen LogP contribution is -2.24. The van der Waals surface area contributed by atoms with Gasteiger partial charge in [0.05, 0.1) is 43.7 Å². The van der Waals surface area contributed by atoms with Gasteiger partial charge in [-0.25, -0.2) is 0 Å². The number of aliphatic hydroxyl groups excluding tert-OH is 2. The van der Waals surface area contributed by atoms with Crippen molar-refractivity contribution >= 4 is 57.6 Å². The molecule has 0 aromatic heterocycles. The minimum Gasteiger partial charge on any atom is -0.506 e. The fraction of sp³-hybridized carbons (Fsp3) is 0.280. The number of benzene rings is 3. The molecule has 0 fully saturated rings. The zero-order valence-corrected chi connectivity index (χ0v) is 36.4. The molecular weight excluding hydrogens is 757 g/mol. The van der Waals surface area contributed by atoms with Gasteiger partial charge in [0.1, 0.15) is 11.5 Å². The van der Waals surface area contributed by atoms with Gasteiger partial charge in [-0.3, -0.25) is 9.59 Å². The van der Waals surface area contributed by atoms with Gasteiger partial charge >= 0.3 is 0 Å². The van der Waals surface area contributed by atoms with E-state index in [4.69, 9.17) is 0 Å². The largest absolute Gasteiger partial charge is 0.506 e. The first-order chi connectivity index (χ1) is 27.5. The molecule has 4 aliphatic carbocycles. The van der Waals surface area contributed by atoms with Crippen LogP contribution in [0.25, 0.3) is 11.1 Å². The van der Waals surface area contributed by atoms with E-state index < -0.39 is 0 Å². The van der Waals surface area contributed by atoms with Crippen molar-refractivity contribution in [3.8, 4) is 0 Å². The number of anilines is 2. The van der Waals surface area contributed by atoms with E-state index in [-0.39, 0.29) is 33.9 Å². The van der Waals surface area contributed by atoms with Crippen molar-refractivity contribution in [2.45, 2.75) is 88.9 Å². The Kier molecular flexibility index (Phi) is 8.70. The van der Waals surface area contributed by atoms with Crippen molar-refractivity contribution in [1.29, 1.82) is 0 Å². The first kappa shape index (κ1) is 38.3. The average Bonchev–Trinajstić information content (AvgIpc) is 3.81. The zero-order valence-electron chi connectivity index (χ0n) is 34.8. The van der Waals surface area contributed by atoms with Crippen molar-refractivity contribution < 1.29 is 19.8 Å². The number of ketones is 2. The third kappa shape index (κ3) is 5.40. The smallest absolute Gasteiger partial charge is 0.200 e. The Morgan fingerprint density at radius 3 is 1.33 bits per heavy atom. The van der Waals surface area contributed by atoms with Crippen LogP contribution in [0.1, 0.15) is 87.8 Å². The second-order valence-electron chi connectivity index (χ2n) is 17.2. The molecule has 0 spiro atoms. The monoisotopic (exact) mass is 804 g/mol. The van der Waals surface area contributed by atoms with Crippen LogP contribution in [0, 0.1) is 13.8 Å². The first-order valence-electron chi connectivity index (χ1n) is 20.0. The quantitative estimate of drug-likeness (QED) is 0.239. The predicted octanol–water partition coefficient (Wildman–Crippen LogP) is 12.0. The molecule has 0 unspecified atom stereocenters. The van der Waals surface area contributed by atoms with Crippen molar-refractivity contribution in [2.24, 2.45) is 0 Å². The minimum atomic E-state index is -0.278. The van der Waals surface area contributed by atoms with Gasteiger partial charge in [-0.1, -0.05) is 113 Å². The second kappa shape index (κ2) is 13.2. The van der Waals surface area contributed by atoms with Gasteiger partial charge in [-0.05, 0) is 108 Å². The SMILES string of the molecule is CCC1=C(C=C2C(=O)C(C=C3Sc4cc5c(cc4N3C)SC(=CC3=C(O)C(=CC4=C(CC)c6ccc(C)cc6C4(C)C)C3=O)N5C)=C2O)C(C)(C)c2cc(C)ccc21. The Balaban J connectivity index is 0.953. The summed E-state index contributed by atoms with van der Waals surface area (Å²) < 4.78 is 0. The number of thioether (sulfide) groups is 2. The maximum Gasteiger partial charge on any atom is 0.200 e. The number of rotatable bonds is 6. The van der Waals surface area contributed by atoms with Gasteiger partial charge in [-0.2, -0.15) is 0 Å². The number of fused-ring (bicyclic) bond motifs is 4. The second-order valence-corrected chi connectivity index (χ2v) is 19.3. The molecule has 0 saturated heterocycles. The summed E-state index contributed by atoms with van der Waals surface area (Å²) >= 11 is 3.12. The third-order valence-electron chi connectivity index (χ3n) is 13.0. The molecule has 294 valence electrons. The highest BCUT2D eigenvalue weighted by molar-refractivity contribution is 8.04. The summed E-state index contributed by atoms with van der Waals surface area (Å²) in [6, 6.07) is 17.4. The van der Waals surface area contributed by atoms with Gasteiger partial charge in [-0.15, -0.1) is 0 Å². The summed E-state index contributed by atoms with van der Waals surface area (Å²) in [5.74, 6) is -0.221. The van der Waals surface area contributed by atoms with Crippen molar-refractivity contribution in [2.75, 3.05) is 23.9 Å². The maximum atomic E-state index is 13.6. The number of allylic oxidation sites excluding steroid dienone is 12. The summed E-state index contributed by atoms with van der Waals surface area (Å²) in [5, 5.41) is 24.3. The lowest BCUT2D eigenvalue weighted by atomic mass is 9.77. The van der Waals surface area contributed by atoms with Crippen LogP contribution in [-0.4, -0.2) is 35.9 Å². The molecule has 58 heavy (non-hydrogen) atoms. The van der Waals surface area contributed by atoms with Crippen LogP contribution in [0.3, 0.4) is 0 Å². The highest BCUT2D eigenvalue weighted by Crippen LogP contribution is 2.56. The Morgan fingerprint density at radius 2 is 0.983 bits per heavy atom. The van der Waals surface area contributed by atoms with E-state index >= 15 is 0 Å². The molecule has 9 rings (SSSR count). The van der Waals surface area contributed by atoms with E-state index in [0.29, 0.717) is 22.3 Å². The molecule has 0 bridgehead atoms. The molecule has 2 aliphatic heterocycles. The Hall–Kier alpha value is -5.18. The van der Waals surface area contributed by atoms with E-state index in [1.165, 1.54) is 44.5 Å². The highest BCUT2D eigenvalue weighted by atomic mass is 32.2. The van der Waals surface area contributed by atoms with Crippen LogP contribution < -0.4 is 9.80 Å². The fourth-order valence-corrected chi connectivity index (χ4v) is 11.8. The average molecular weight is 805 g/mol. The van der Waals surface area contributed by atoms with E-state index in [1.807, 2.05) is 26.2 Å². The number of aliphatic hydroxyl groups is 2. The fourth-order valence-electron chi connectivity index (χ4n) is 9.54. The molecule has 0 saturated carbocycles. The lowest BCUT2D eigenvalue weighted by molar-refractivity contribution is -0.114. The van der Waals surface area contributed by atoms with Crippen molar-refractivity contribution in [1.82, 2.24) is 0 Å². The molecule has 8 heteroatoms. The van der Waals surface area contributed by atoms with Crippen LogP contribution >= 0.6 is 23.5 Å². The van der Waals surface area contributed by atoms with E-state index in [0.717, 1.165) is 55.2 Å². The van der Waals surface area contributed by atoms with Crippen LogP contribution in [-0.2, 0) is 20.4 Å². The molecule has 3 aromatic carbocycles. The first-order valence-corrected chi connectivity index (χ1v) is 21.7. The van der Waals surface area contributed by atoms with Gasteiger partial charge in [0.15, 0.2) is 0 Å². The van der Waals surface area contributed by atoms with Gasteiger partial charge in [0, 0.05) is 34.7 Å². The van der Waals surface area contributed by atoms with E-state index in [9.17, 15) is 19.8 Å². The lowest BCUT2D eigenvalue weighted by Gasteiger charge is -2.26. The molecule has 0 amide bonds. The van der Waals surface area contributed by atoms with Crippen molar-refractivity contribution in [3.05, 3.63) is 161 Å². The maximum absolute atomic E-state index is 13.6. The molecule has 2 heterocycles. The standard InChI is InChI=1S/C50H48N2O4S2/c1-11-27-29-15-13-25(3)17-35(29)49(5,6)37(27)19-31-45(53)33(46(31)54)21-43-51(9)39-23-42-40(24-41(39)57-43)52(10)44(58-42)22-34-47(55)32(48(34)56)20-38-28(12-2)30-16-14-26(4)18-36(30)50(38,7)8/h13-24,53,55H,11-12H2,1-10H3. The Morgan fingerprint density at radius 1 is 0.603 bits per heavy atom. The molecule has 6 nitrogen and oxygen atoms in total. The number of hydrogen-bond acceptors (Lipinski definition) is 8. The van der Waals surface area contributed by atoms with Crippen LogP contribution in [0.2, 0.25) is 0 Å². The topological polar surface area (TPSA) is 81.1 Å². The summed E-state index contributed by atoms with van der Waals surface area (Å²) in [6.45, 7) is 17.3. The summed E-state index contributed by atoms with van der Waals surface area (Å²) in [6.07, 6.45) is 9.11. The molecule has 2 N–H and O–H groups in total. The van der Waals surface area contributed by atoms with Crippen LogP contribution in [0.15, 0.2) is 138 Å². The van der Waals surface area contributed by atoms with E-state index in [1.54, 1.807) is 35.7 Å². The Labute approximate surface area is 349 Å². The molecule has 6 aliphatic rings. The summed E-state index contributed by atoms with van der Waals surface area (Å²) in [5.41, 5.74) is 14.8. The minimum absolute atomic E-state index is 0.0386. The van der Waals surface area contributed by atoms with Gasteiger partial charge < -0.3 is 20.0 Å². The summed E-state index contributed by atoms with van der Waals surface area (Å²) in [7, 11) is 3.95.